The number of carbonyl (C=O) groups excluding carboxylic acids is 1. The molecule has 3 aromatic carbocycles. The fourth-order valence-corrected chi connectivity index (χ4v) is 4.06. The summed E-state index contributed by atoms with van der Waals surface area (Å²) in [6.45, 7) is 0. The average molecular weight is 450 g/mol. The third-order valence-electron chi connectivity index (χ3n) is 4.84. The van der Waals surface area contributed by atoms with Crippen LogP contribution in [-0.2, 0) is 14.8 Å². The molecule has 1 amide bonds. The fourth-order valence-electron chi connectivity index (χ4n) is 3.50. The van der Waals surface area contributed by atoms with Crippen LogP contribution in [0.15, 0.2) is 77.8 Å². The summed E-state index contributed by atoms with van der Waals surface area (Å²) in [7, 11) is -3.41. The Morgan fingerprint density at radius 2 is 1.75 bits per heavy atom. The van der Waals surface area contributed by atoms with Gasteiger partial charge in [0, 0.05) is 29.1 Å². The number of fused-ring (bicyclic) bond motifs is 1. The first-order valence-electron chi connectivity index (χ1n) is 9.52. The first-order valence-corrected chi connectivity index (χ1v) is 11.4. The number of carbonyl (C=O) groups is 1. The highest BCUT2D eigenvalue weighted by molar-refractivity contribution is 7.92. The van der Waals surface area contributed by atoms with E-state index in [0.717, 1.165) is 6.26 Å². The lowest BCUT2D eigenvalue weighted by atomic mass is 9.90. The van der Waals surface area contributed by atoms with E-state index in [1.807, 2.05) is 18.2 Å². The highest BCUT2D eigenvalue weighted by atomic mass is 32.2. The Bertz CT molecular complexity index is 1340. The van der Waals surface area contributed by atoms with Crippen molar-refractivity contribution in [1.82, 2.24) is 0 Å². The predicted octanol–water partition coefficient (Wildman–Crippen LogP) is 3.82. The molecule has 3 aromatic rings. The van der Waals surface area contributed by atoms with Crippen LogP contribution in [-0.4, -0.2) is 31.2 Å². The van der Waals surface area contributed by atoms with Gasteiger partial charge in [0.1, 0.15) is 5.92 Å². The third-order valence-corrected chi connectivity index (χ3v) is 5.45. The third kappa shape index (κ3) is 4.49. The quantitative estimate of drug-likeness (QED) is 0.335. The molecule has 1 heterocycles. The monoisotopic (exact) mass is 450 g/mol. The number of anilines is 2. The summed E-state index contributed by atoms with van der Waals surface area (Å²) in [4.78, 5) is 28.3. The van der Waals surface area contributed by atoms with Crippen molar-refractivity contribution >= 4 is 44.4 Å². The number of aliphatic imine (C=N–C) groups is 1. The van der Waals surface area contributed by atoms with Crippen LogP contribution in [0.3, 0.4) is 0 Å². The Labute approximate surface area is 184 Å². The van der Waals surface area contributed by atoms with Crippen LogP contribution in [0.4, 0.5) is 22.7 Å². The second kappa shape index (κ2) is 8.23. The number of nitro benzene ring substituents is 1. The second-order valence-electron chi connectivity index (χ2n) is 7.24. The van der Waals surface area contributed by atoms with Crippen LogP contribution in [0.2, 0.25) is 0 Å². The number of benzene rings is 3. The van der Waals surface area contributed by atoms with E-state index in [9.17, 15) is 23.3 Å². The lowest BCUT2D eigenvalue weighted by Gasteiger charge is -2.14. The van der Waals surface area contributed by atoms with E-state index >= 15 is 0 Å². The topological polar surface area (TPSA) is 131 Å². The van der Waals surface area contributed by atoms with Gasteiger partial charge in [0.15, 0.2) is 0 Å². The van der Waals surface area contributed by atoms with Crippen LogP contribution < -0.4 is 10.0 Å². The summed E-state index contributed by atoms with van der Waals surface area (Å²) in [5.74, 6) is -1.18. The normalized spacial score (nSPS) is 15.7. The van der Waals surface area contributed by atoms with Crippen molar-refractivity contribution in [3.8, 4) is 0 Å². The zero-order chi connectivity index (χ0) is 22.9. The first kappa shape index (κ1) is 21.2. The molecule has 2 N–H and O–H groups in total. The molecule has 0 aromatic heterocycles. The van der Waals surface area contributed by atoms with Crippen LogP contribution in [0, 0.1) is 10.1 Å². The Hall–Kier alpha value is -4.05. The van der Waals surface area contributed by atoms with Crippen LogP contribution in [0.25, 0.3) is 0 Å². The highest BCUT2D eigenvalue weighted by Gasteiger charge is 2.36. The minimum absolute atomic E-state index is 0.117. The summed E-state index contributed by atoms with van der Waals surface area (Å²) in [5, 5.41) is 14.0. The summed E-state index contributed by atoms with van der Waals surface area (Å²) < 4.78 is 25.2. The van der Waals surface area contributed by atoms with Crippen LogP contribution in [0.1, 0.15) is 17.0 Å². The van der Waals surface area contributed by atoms with Gasteiger partial charge in [0.05, 0.1) is 22.6 Å². The Morgan fingerprint density at radius 1 is 1.06 bits per heavy atom. The summed E-state index contributed by atoms with van der Waals surface area (Å²) in [6.07, 6.45) is 1.06. The summed E-state index contributed by atoms with van der Waals surface area (Å²) in [6, 6.07) is 19.7. The van der Waals surface area contributed by atoms with Gasteiger partial charge in [-0.3, -0.25) is 24.6 Å². The van der Waals surface area contributed by atoms with Gasteiger partial charge in [0.2, 0.25) is 15.9 Å². The van der Waals surface area contributed by atoms with Crippen molar-refractivity contribution in [1.29, 1.82) is 0 Å². The number of non-ortho nitro benzene ring substituents is 1. The standard InChI is InChI=1S/C22H18N4O5S/c1-32(30,31)25-16-9-7-15(8-10-16)23-21(14-5-3-2-4-6-14)20-18-13-17(26(28)29)11-12-19(18)24-22(20)27/h2-13,20,25H,1H3,(H,24,27). The number of sulfonamides is 1. The van der Waals surface area contributed by atoms with E-state index in [4.69, 9.17) is 0 Å². The van der Waals surface area contributed by atoms with E-state index in [1.54, 1.807) is 36.4 Å². The Kier molecular flexibility index (Phi) is 5.45. The van der Waals surface area contributed by atoms with Crippen LogP contribution in [0.5, 0.6) is 0 Å². The molecular weight excluding hydrogens is 432 g/mol. The van der Waals surface area contributed by atoms with Crippen molar-refractivity contribution in [2.75, 3.05) is 16.3 Å². The predicted molar refractivity (Wildman–Crippen MR) is 122 cm³/mol. The van der Waals surface area contributed by atoms with Crippen LogP contribution >= 0.6 is 0 Å². The number of rotatable bonds is 6. The molecule has 1 atom stereocenters. The van der Waals surface area contributed by atoms with Gasteiger partial charge in [-0.25, -0.2) is 8.42 Å². The highest BCUT2D eigenvalue weighted by Crippen LogP contribution is 2.38. The van der Waals surface area contributed by atoms with Crippen molar-refractivity contribution in [2.24, 2.45) is 4.99 Å². The SMILES string of the molecule is CS(=O)(=O)Nc1ccc(N=C(c2ccccc2)C2C(=O)Nc3ccc([N+](=O)[O-])cc32)cc1. The Morgan fingerprint density at radius 3 is 2.38 bits per heavy atom. The van der Waals surface area contributed by atoms with Gasteiger partial charge >= 0.3 is 0 Å². The molecule has 32 heavy (non-hydrogen) atoms. The number of amides is 1. The Balaban J connectivity index is 1.81. The molecule has 4 rings (SSSR count). The van der Waals surface area contributed by atoms with Crippen molar-refractivity contribution in [3.63, 3.8) is 0 Å². The smallest absolute Gasteiger partial charge is 0.269 e. The van der Waals surface area contributed by atoms with Gasteiger partial charge in [-0.15, -0.1) is 0 Å². The van der Waals surface area contributed by atoms with Gasteiger partial charge in [-0.2, -0.15) is 0 Å². The van der Waals surface area contributed by atoms with Crippen molar-refractivity contribution < 1.29 is 18.1 Å². The zero-order valence-electron chi connectivity index (χ0n) is 16.8. The van der Waals surface area contributed by atoms with E-state index in [2.05, 4.69) is 15.0 Å². The van der Waals surface area contributed by atoms with E-state index < -0.39 is 20.9 Å². The summed E-state index contributed by atoms with van der Waals surface area (Å²) in [5.41, 5.74) is 2.84. The molecule has 1 aliphatic rings. The van der Waals surface area contributed by atoms with E-state index in [-0.39, 0.29) is 11.6 Å². The second-order valence-corrected chi connectivity index (χ2v) is 8.98. The molecule has 10 heteroatoms. The van der Waals surface area contributed by atoms with Gasteiger partial charge < -0.3 is 5.32 Å². The molecule has 1 unspecified atom stereocenters. The van der Waals surface area contributed by atoms with Crippen molar-refractivity contribution in [2.45, 2.75) is 5.92 Å². The lowest BCUT2D eigenvalue weighted by Crippen LogP contribution is -2.22. The maximum atomic E-state index is 12.9. The van der Waals surface area contributed by atoms with Gasteiger partial charge in [-0.05, 0) is 35.9 Å². The maximum absolute atomic E-state index is 12.9. The molecule has 0 saturated carbocycles. The van der Waals surface area contributed by atoms with Crippen molar-refractivity contribution in [3.05, 3.63) is 94.0 Å². The van der Waals surface area contributed by atoms with Gasteiger partial charge in [0.25, 0.3) is 5.69 Å². The van der Waals surface area contributed by atoms with Gasteiger partial charge in [-0.1, -0.05) is 30.3 Å². The van der Waals surface area contributed by atoms with E-state index in [0.29, 0.717) is 33.9 Å². The fraction of sp³-hybridized carbons (Fsp3) is 0.0909. The molecule has 1 aliphatic heterocycles. The minimum atomic E-state index is -3.41. The lowest BCUT2D eigenvalue weighted by molar-refractivity contribution is -0.384. The number of nitro groups is 1. The largest absolute Gasteiger partial charge is 0.325 e. The number of nitrogens with zero attached hydrogens (tertiary/aromatic N) is 2. The first-order chi connectivity index (χ1) is 15.2. The number of hydrogen-bond acceptors (Lipinski definition) is 6. The van der Waals surface area contributed by atoms with E-state index in [1.165, 1.54) is 18.2 Å². The molecule has 0 spiro atoms. The molecule has 0 fully saturated rings. The number of hydrogen-bond donors (Lipinski definition) is 2. The summed E-state index contributed by atoms with van der Waals surface area (Å²) >= 11 is 0. The average Bonchev–Trinajstić information content (AvgIpc) is 3.07. The number of nitrogens with one attached hydrogen (secondary N) is 2. The minimum Gasteiger partial charge on any atom is -0.325 e. The molecule has 162 valence electrons. The molecule has 0 aliphatic carbocycles. The molecular formula is C22H18N4O5S. The zero-order valence-corrected chi connectivity index (χ0v) is 17.7. The molecule has 0 radical (unpaired) electrons. The molecule has 0 saturated heterocycles. The molecule has 9 nitrogen and oxygen atoms in total. The molecule has 0 bridgehead atoms. The maximum Gasteiger partial charge on any atom is 0.269 e.